The zero-order chi connectivity index (χ0) is 18.5. The zero-order valence-electron chi connectivity index (χ0n) is 15.1. The number of ether oxygens (including phenoxy) is 3. The first-order chi connectivity index (χ1) is 12.6. The molecule has 1 aromatic heterocycles. The maximum Gasteiger partial charge on any atom is 0.259 e. The molecule has 3 rings (SSSR count). The number of nitrogens with one attached hydrogen (secondary N) is 1. The van der Waals surface area contributed by atoms with Crippen LogP contribution in [0.1, 0.15) is 16.1 Å². The van der Waals surface area contributed by atoms with Crippen LogP contribution in [0, 0.1) is 6.92 Å². The molecule has 0 radical (unpaired) electrons. The predicted octanol–water partition coefficient (Wildman–Crippen LogP) is 1.89. The van der Waals surface area contributed by atoms with Crippen LogP contribution in [0.2, 0.25) is 0 Å². The lowest BCUT2D eigenvalue weighted by atomic mass is 10.2. The molecule has 1 saturated heterocycles. The summed E-state index contributed by atoms with van der Waals surface area (Å²) in [5.74, 6) is 1.48. The van der Waals surface area contributed by atoms with Gasteiger partial charge in [0.2, 0.25) is 5.95 Å². The number of carbonyl (C=O) groups is 1. The van der Waals surface area contributed by atoms with Crippen LogP contribution in [-0.4, -0.2) is 56.4 Å². The molecule has 1 aromatic carbocycles. The Kier molecular flexibility index (Phi) is 5.52. The van der Waals surface area contributed by atoms with E-state index in [1.54, 1.807) is 45.5 Å². The van der Waals surface area contributed by atoms with Crippen LogP contribution in [0.25, 0.3) is 0 Å². The molecule has 8 nitrogen and oxygen atoms in total. The summed E-state index contributed by atoms with van der Waals surface area (Å²) < 4.78 is 15.8. The summed E-state index contributed by atoms with van der Waals surface area (Å²) in [6.45, 7) is 4.61. The van der Waals surface area contributed by atoms with Crippen LogP contribution in [0.5, 0.6) is 11.5 Å². The van der Waals surface area contributed by atoms with Gasteiger partial charge in [-0.1, -0.05) is 0 Å². The third-order valence-electron chi connectivity index (χ3n) is 4.15. The van der Waals surface area contributed by atoms with Gasteiger partial charge >= 0.3 is 0 Å². The first kappa shape index (κ1) is 17.9. The predicted molar refractivity (Wildman–Crippen MR) is 97.3 cm³/mol. The minimum absolute atomic E-state index is 0.275. The summed E-state index contributed by atoms with van der Waals surface area (Å²) in [5, 5.41) is 2.84. The lowest BCUT2D eigenvalue weighted by molar-refractivity contribution is 0.102. The van der Waals surface area contributed by atoms with Gasteiger partial charge in [-0.3, -0.25) is 4.79 Å². The maximum absolute atomic E-state index is 12.6. The molecule has 1 aliphatic heterocycles. The second-order valence-electron chi connectivity index (χ2n) is 5.79. The molecule has 0 unspecified atom stereocenters. The van der Waals surface area contributed by atoms with Crippen LogP contribution >= 0.6 is 0 Å². The number of morpholine rings is 1. The fraction of sp³-hybridized carbons (Fsp3) is 0.389. The van der Waals surface area contributed by atoms with E-state index in [9.17, 15) is 4.79 Å². The summed E-state index contributed by atoms with van der Waals surface area (Å²) in [6, 6.07) is 5.19. The number of amides is 1. The highest BCUT2D eigenvalue weighted by atomic mass is 16.5. The number of anilines is 2. The molecule has 1 amide bonds. The zero-order valence-corrected chi connectivity index (χ0v) is 15.1. The summed E-state index contributed by atoms with van der Waals surface area (Å²) in [6.07, 6.45) is 1.56. The maximum atomic E-state index is 12.6. The van der Waals surface area contributed by atoms with E-state index in [1.807, 2.05) is 4.90 Å². The Morgan fingerprint density at radius 2 is 1.92 bits per heavy atom. The highest BCUT2D eigenvalue weighted by molar-refractivity contribution is 6.05. The Morgan fingerprint density at radius 1 is 1.19 bits per heavy atom. The Hall–Kier alpha value is -2.87. The summed E-state index contributed by atoms with van der Waals surface area (Å²) in [4.78, 5) is 23.4. The van der Waals surface area contributed by atoms with Gasteiger partial charge < -0.3 is 24.4 Å². The molecule has 8 heteroatoms. The van der Waals surface area contributed by atoms with Crippen LogP contribution in [-0.2, 0) is 4.74 Å². The van der Waals surface area contributed by atoms with Gasteiger partial charge in [0.15, 0.2) is 11.5 Å². The van der Waals surface area contributed by atoms with E-state index >= 15 is 0 Å². The molecule has 1 N–H and O–H groups in total. The molecule has 0 atom stereocenters. The molecule has 0 bridgehead atoms. The van der Waals surface area contributed by atoms with E-state index in [0.717, 1.165) is 13.1 Å². The van der Waals surface area contributed by atoms with Gasteiger partial charge in [-0.05, 0) is 19.1 Å². The van der Waals surface area contributed by atoms with Crippen molar-refractivity contribution in [1.29, 1.82) is 0 Å². The fourth-order valence-electron chi connectivity index (χ4n) is 2.71. The van der Waals surface area contributed by atoms with E-state index in [2.05, 4.69) is 15.3 Å². The third kappa shape index (κ3) is 3.85. The van der Waals surface area contributed by atoms with Crippen molar-refractivity contribution in [2.24, 2.45) is 0 Å². The number of nitrogens with zero attached hydrogens (tertiary/aromatic N) is 3. The second-order valence-corrected chi connectivity index (χ2v) is 5.79. The van der Waals surface area contributed by atoms with Gasteiger partial charge in [0.25, 0.3) is 5.91 Å². The molecule has 138 valence electrons. The van der Waals surface area contributed by atoms with Gasteiger partial charge in [0.1, 0.15) is 0 Å². The first-order valence-corrected chi connectivity index (χ1v) is 8.32. The van der Waals surface area contributed by atoms with Crippen molar-refractivity contribution in [2.45, 2.75) is 6.92 Å². The van der Waals surface area contributed by atoms with Gasteiger partial charge in [-0.15, -0.1) is 0 Å². The van der Waals surface area contributed by atoms with Crippen molar-refractivity contribution < 1.29 is 19.0 Å². The molecular formula is C18H22N4O4. The SMILES string of the molecule is COc1ccc(NC(=O)c2cnc(N3CCOCC3)nc2C)cc1OC. The number of rotatable bonds is 5. The number of carbonyl (C=O) groups excluding carboxylic acids is 1. The van der Waals surface area contributed by atoms with Gasteiger partial charge in [-0.25, -0.2) is 9.97 Å². The Labute approximate surface area is 152 Å². The monoisotopic (exact) mass is 358 g/mol. The van der Waals surface area contributed by atoms with Crippen LogP contribution in [0.3, 0.4) is 0 Å². The topological polar surface area (TPSA) is 85.8 Å². The number of aryl methyl sites for hydroxylation is 1. The van der Waals surface area contributed by atoms with Crippen LogP contribution in [0.15, 0.2) is 24.4 Å². The summed E-state index contributed by atoms with van der Waals surface area (Å²) in [7, 11) is 3.11. The van der Waals surface area contributed by atoms with Gasteiger partial charge in [-0.2, -0.15) is 0 Å². The van der Waals surface area contributed by atoms with Crippen molar-refractivity contribution in [3.63, 3.8) is 0 Å². The summed E-state index contributed by atoms with van der Waals surface area (Å²) >= 11 is 0. The Bertz CT molecular complexity index is 791. The molecule has 0 aliphatic carbocycles. The lowest BCUT2D eigenvalue weighted by Crippen LogP contribution is -2.37. The molecule has 0 saturated carbocycles. The lowest BCUT2D eigenvalue weighted by Gasteiger charge is -2.27. The van der Waals surface area contributed by atoms with Gasteiger partial charge in [0.05, 0.1) is 38.7 Å². The average Bonchev–Trinajstić information content (AvgIpc) is 2.68. The van der Waals surface area contributed by atoms with Gasteiger partial charge in [0, 0.05) is 31.0 Å². The highest BCUT2D eigenvalue weighted by Gasteiger charge is 2.17. The molecule has 0 spiro atoms. The third-order valence-corrected chi connectivity index (χ3v) is 4.15. The molecule has 1 aliphatic rings. The standard InChI is InChI=1S/C18H22N4O4/c1-12-14(11-19-18(20-12)22-6-8-26-9-7-22)17(23)21-13-4-5-15(24-2)16(10-13)25-3/h4-5,10-11H,6-9H2,1-3H3,(H,21,23). The van der Waals surface area contributed by atoms with E-state index in [1.165, 1.54) is 0 Å². The number of benzene rings is 1. The molecule has 1 fully saturated rings. The molecule has 2 aromatic rings. The molecule has 26 heavy (non-hydrogen) atoms. The minimum Gasteiger partial charge on any atom is -0.493 e. The normalized spacial score (nSPS) is 14.0. The Morgan fingerprint density at radius 3 is 2.58 bits per heavy atom. The minimum atomic E-state index is -0.275. The number of hydrogen-bond donors (Lipinski definition) is 1. The molecule has 2 heterocycles. The average molecular weight is 358 g/mol. The van der Waals surface area contributed by atoms with Crippen molar-refractivity contribution in [3.8, 4) is 11.5 Å². The summed E-state index contributed by atoms with van der Waals surface area (Å²) in [5.41, 5.74) is 1.65. The van der Waals surface area contributed by atoms with E-state index in [-0.39, 0.29) is 5.91 Å². The number of methoxy groups -OCH3 is 2. The van der Waals surface area contributed by atoms with Crippen molar-refractivity contribution >= 4 is 17.5 Å². The quantitative estimate of drug-likeness (QED) is 0.873. The van der Waals surface area contributed by atoms with E-state index in [0.29, 0.717) is 47.6 Å². The largest absolute Gasteiger partial charge is 0.493 e. The Balaban J connectivity index is 1.75. The number of hydrogen-bond acceptors (Lipinski definition) is 7. The van der Waals surface area contributed by atoms with E-state index in [4.69, 9.17) is 14.2 Å². The second kappa shape index (κ2) is 8.01. The fourth-order valence-corrected chi connectivity index (χ4v) is 2.71. The highest BCUT2D eigenvalue weighted by Crippen LogP contribution is 2.30. The smallest absolute Gasteiger partial charge is 0.259 e. The number of aromatic nitrogens is 2. The first-order valence-electron chi connectivity index (χ1n) is 8.32. The van der Waals surface area contributed by atoms with E-state index < -0.39 is 0 Å². The van der Waals surface area contributed by atoms with Crippen LogP contribution in [0.4, 0.5) is 11.6 Å². The van der Waals surface area contributed by atoms with Crippen LogP contribution < -0.4 is 19.7 Å². The van der Waals surface area contributed by atoms with Crippen molar-refractivity contribution in [1.82, 2.24) is 9.97 Å². The van der Waals surface area contributed by atoms with Crippen molar-refractivity contribution in [2.75, 3.05) is 50.7 Å². The van der Waals surface area contributed by atoms with Crippen molar-refractivity contribution in [3.05, 3.63) is 35.7 Å². The molecular weight excluding hydrogens is 336 g/mol.